The summed E-state index contributed by atoms with van der Waals surface area (Å²) in [6, 6.07) is 0. The predicted octanol–water partition coefficient (Wildman–Crippen LogP) is -0.966. The molecule has 0 spiro atoms. The highest BCUT2D eigenvalue weighted by molar-refractivity contribution is 4.49. The van der Waals surface area contributed by atoms with E-state index in [0.29, 0.717) is 0 Å². The molecule has 0 aromatic heterocycles. The smallest absolute Gasteiger partial charge is 0.104 e. The fourth-order valence-corrected chi connectivity index (χ4v) is 0.349. The van der Waals surface area contributed by atoms with Gasteiger partial charge in [0.1, 0.15) is 6.23 Å². The number of nitrogens with two attached hydrogens (primary N) is 1. The Hall–Kier alpha value is -0.120. The van der Waals surface area contributed by atoms with Crippen LogP contribution < -0.4 is 5.73 Å². The fourth-order valence-electron chi connectivity index (χ4n) is 0.349. The van der Waals surface area contributed by atoms with Gasteiger partial charge in [-0.1, -0.05) is 0 Å². The molecule has 0 heterocycles. The molecule has 4 N–H and O–H groups in total. The van der Waals surface area contributed by atoms with E-state index in [1.165, 1.54) is 0 Å². The van der Waals surface area contributed by atoms with Crippen LogP contribution in [0.5, 0.6) is 0 Å². The minimum absolute atomic E-state index is 0.250. The lowest BCUT2D eigenvalue weighted by Crippen LogP contribution is -2.23. The maximum atomic E-state index is 8.48. The maximum Gasteiger partial charge on any atom is 0.104 e. The highest BCUT2D eigenvalue weighted by atomic mass is 16.3. The SMILES string of the molecule is CC(O)CC(N)O. The second kappa shape index (κ2) is 2.96. The zero-order valence-corrected chi connectivity index (χ0v) is 4.33. The van der Waals surface area contributed by atoms with Gasteiger partial charge in [-0.15, -0.1) is 0 Å². The molecule has 3 nitrogen and oxygen atoms in total. The minimum atomic E-state index is -0.875. The number of aliphatic hydroxyl groups is 2. The van der Waals surface area contributed by atoms with Crippen molar-refractivity contribution < 1.29 is 10.2 Å². The van der Waals surface area contributed by atoms with Gasteiger partial charge >= 0.3 is 0 Å². The van der Waals surface area contributed by atoms with E-state index in [2.05, 4.69) is 0 Å². The van der Waals surface area contributed by atoms with Crippen LogP contribution in [0, 0.1) is 0 Å². The first-order valence-corrected chi connectivity index (χ1v) is 2.24. The molecular formula is C4H11NO2. The van der Waals surface area contributed by atoms with E-state index in [1.807, 2.05) is 0 Å². The lowest BCUT2D eigenvalue weighted by Gasteiger charge is -2.04. The molecule has 7 heavy (non-hydrogen) atoms. The molecule has 2 unspecified atom stereocenters. The summed E-state index contributed by atoms with van der Waals surface area (Å²) in [5, 5.41) is 16.8. The van der Waals surface area contributed by atoms with Gasteiger partial charge in [-0.05, 0) is 6.92 Å². The van der Waals surface area contributed by atoms with Crippen molar-refractivity contribution in [2.75, 3.05) is 0 Å². The van der Waals surface area contributed by atoms with E-state index >= 15 is 0 Å². The summed E-state index contributed by atoms with van der Waals surface area (Å²) in [7, 11) is 0. The number of hydrogen-bond acceptors (Lipinski definition) is 3. The summed E-state index contributed by atoms with van der Waals surface area (Å²) in [5.74, 6) is 0. The van der Waals surface area contributed by atoms with Crippen LogP contribution >= 0.6 is 0 Å². The third-order valence-corrected chi connectivity index (χ3v) is 0.583. The van der Waals surface area contributed by atoms with Crippen molar-refractivity contribution in [3.05, 3.63) is 0 Å². The van der Waals surface area contributed by atoms with Crippen molar-refractivity contribution in [3.63, 3.8) is 0 Å². The van der Waals surface area contributed by atoms with Gasteiger partial charge in [0.15, 0.2) is 0 Å². The van der Waals surface area contributed by atoms with Crippen LogP contribution in [0.1, 0.15) is 13.3 Å². The molecule has 0 aliphatic carbocycles. The zero-order chi connectivity index (χ0) is 5.86. The Balaban J connectivity index is 2.95. The summed E-state index contributed by atoms with van der Waals surface area (Å²) in [4.78, 5) is 0. The van der Waals surface area contributed by atoms with Crippen LogP contribution in [0.25, 0.3) is 0 Å². The zero-order valence-electron chi connectivity index (χ0n) is 4.33. The average molecular weight is 105 g/mol. The quantitative estimate of drug-likeness (QED) is 0.396. The first kappa shape index (κ1) is 6.88. The Morgan fingerprint density at radius 2 is 2.00 bits per heavy atom. The van der Waals surface area contributed by atoms with Crippen LogP contribution in [-0.4, -0.2) is 22.5 Å². The molecule has 0 aromatic rings. The Morgan fingerprint density at radius 3 is 2.00 bits per heavy atom. The monoisotopic (exact) mass is 105 g/mol. The molecule has 0 amide bonds. The molecule has 3 heteroatoms. The maximum absolute atomic E-state index is 8.48. The molecule has 0 saturated heterocycles. The number of aliphatic hydroxyl groups excluding tert-OH is 2. The molecule has 2 atom stereocenters. The van der Waals surface area contributed by atoms with E-state index in [1.54, 1.807) is 6.92 Å². The summed E-state index contributed by atoms with van der Waals surface area (Å²) in [6.45, 7) is 1.58. The van der Waals surface area contributed by atoms with Crippen molar-refractivity contribution in [1.29, 1.82) is 0 Å². The van der Waals surface area contributed by atoms with Gasteiger partial charge in [-0.3, -0.25) is 0 Å². The third kappa shape index (κ3) is 5.88. The molecular weight excluding hydrogens is 94.0 g/mol. The number of hydrogen-bond donors (Lipinski definition) is 3. The number of rotatable bonds is 2. The Morgan fingerprint density at radius 1 is 1.57 bits per heavy atom. The van der Waals surface area contributed by atoms with Gasteiger partial charge in [-0.2, -0.15) is 0 Å². The normalized spacial score (nSPS) is 18.9. The first-order valence-electron chi connectivity index (χ1n) is 2.24. The van der Waals surface area contributed by atoms with Crippen LogP contribution in [0.4, 0.5) is 0 Å². The second-order valence-corrected chi connectivity index (χ2v) is 1.65. The minimum Gasteiger partial charge on any atom is -0.393 e. The van der Waals surface area contributed by atoms with Crippen molar-refractivity contribution in [1.82, 2.24) is 0 Å². The van der Waals surface area contributed by atoms with E-state index in [-0.39, 0.29) is 6.42 Å². The molecule has 0 bridgehead atoms. The predicted molar refractivity (Wildman–Crippen MR) is 26.5 cm³/mol. The molecule has 44 valence electrons. The Labute approximate surface area is 42.8 Å². The van der Waals surface area contributed by atoms with Gasteiger partial charge in [0.05, 0.1) is 6.10 Å². The molecule has 0 aliphatic heterocycles. The van der Waals surface area contributed by atoms with E-state index < -0.39 is 12.3 Å². The largest absolute Gasteiger partial charge is 0.393 e. The highest BCUT2D eigenvalue weighted by Crippen LogP contribution is 1.88. The van der Waals surface area contributed by atoms with Crippen molar-refractivity contribution in [2.45, 2.75) is 25.7 Å². The third-order valence-electron chi connectivity index (χ3n) is 0.583. The Kier molecular flexibility index (Phi) is 2.91. The van der Waals surface area contributed by atoms with Crippen molar-refractivity contribution >= 4 is 0 Å². The summed E-state index contributed by atoms with van der Waals surface area (Å²) in [5.41, 5.74) is 4.89. The average Bonchev–Trinajstić information content (AvgIpc) is 1.27. The fraction of sp³-hybridized carbons (Fsp3) is 1.00. The van der Waals surface area contributed by atoms with Gasteiger partial charge in [-0.25, -0.2) is 0 Å². The van der Waals surface area contributed by atoms with E-state index in [0.717, 1.165) is 0 Å². The van der Waals surface area contributed by atoms with Gasteiger partial charge in [0.2, 0.25) is 0 Å². The van der Waals surface area contributed by atoms with Crippen LogP contribution in [0.2, 0.25) is 0 Å². The molecule has 0 aromatic carbocycles. The lowest BCUT2D eigenvalue weighted by atomic mass is 10.3. The van der Waals surface area contributed by atoms with E-state index in [9.17, 15) is 0 Å². The molecule has 0 rings (SSSR count). The van der Waals surface area contributed by atoms with Gasteiger partial charge in [0.25, 0.3) is 0 Å². The van der Waals surface area contributed by atoms with Gasteiger partial charge < -0.3 is 15.9 Å². The standard InChI is InChI=1S/C4H11NO2/c1-3(6)2-4(5)7/h3-4,6-7H,2,5H2,1H3. The topological polar surface area (TPSA) is 66.5 Å². The van der Waals surface area contributed by atoms with Crippen molar-refractivity contribution in [3.8, 4) is 0 Å². The second-order valence-electron chi connectivity index (χ2n) is 1.65. The van der Waals surface area contributed by atoms with E-state index in [4.69, 9.17) is 15.9 Å². The van der Waals surface area contributed by atoms with Gasteiger partial charge in [0, 0.05) is 6.42 Å². The lowest BCUT2D eigenvalue weighted by molar-refractivity contribution is 0.0948. The molecule has 0 radical (unpaired) electrons. The highest BCUT2D eigenvalue weighted by Gasteiger charge is 1.99. The molecule has 0 aliphatic rings. The van der Waals surface area contributed by atoms with Crippen molar-refractivity contribution in [2.24, 2.45) is 5.73 Å². The van der Waals surface area contributed by atoms with Crippen LogP contribution in [-0.2, 0) is 0 Å². The first-order chi connectivity index (χ1) is 3.13. The summed E-state index contributed by atoms with van der Waals surface area (Å²) < 4.78 is 0. The molecule has 0 saturated carbocycles. The van der Waals surface area contributed by atoms with Crippen LogP contribution in [0.15, 0.2) is 0 Å². The summed E-state index contributed by atoms with van der Waals surface area (Å²) in [6.07, 6.45) is -1.13. The van der Waals surface area contributed by atoms with Crippen LogP contribution in [0.3, 0.4) is 0 Å². The summed E-state index contributed by atoms with van der Waals surface area (Å²) >= 11 is 0. The Bertz CT molecular complexity index is 39.0. The molecule has 0 fully saturated rings.